The fourth-order valence-electron chi connectivity index (χ4n) is 5.20. The van der Waals surface area contributed by atoms with Crippen LogP contribution in [0.25, 0.3) is 0 Å². The highest BCUT2D eigenvalue weighted by Gasteiger charge is 2.45. The minimum Gasteiger partial charge on any atom is -0.394 e. The normalized spacial score (nSPS) is 24.8. The molecule has 5 atom stereocenters. The lowest BCUT2D eigenvalue weighted by atomic mass is 9.84. The average Bonchev–Trinajstić information content (AvgIpc) is 3.06. The molecule has 1 unspecified atom stereocenters. The molecule has 2 bridgehead atoms. The van der Waals surface area contributed by atoms with Crippen molar-refractivity contribution < 1.29 is 9.90 Å². The Morgan fingerprint density at radius 2 is 1.67 bits per heavy atom. The molecule has 2 saturated heterocycles. The Morgan fingerprint density at radius 1 is 1.07 bits per heavy atom. The Bertz CT molecular complexity index is 866. The summed E-state index contributed by atoms with van der Waals surface area (Å²) < 4.78 is 0. The number of nitrogens with zero attached hydrogens (tertiary/aromatic N) is 2. The maximum atomic E-state index is 13.0. The molecule has 0 spiro atoms. The van der Waals surface area contributed by atoms with Gasteiger partial charge in [-0.2, -0.15) is 5.26 Å². The van der Waals surface area contributed by atoms with Crippen LogP contribution in [0.1, 0.15) is 42.9 Å². The zero-order valence-electron chi connectivity index (χ0n) is 17.2. The SMILES string of the molecule is N#C[C@@H](N[C@@H](CO)c1ccccc1)C1C[C@H]2CC[C@@H](C1)N2C(=O)Cc1ccccc1. The molecule has 0 aromatic heterocycles. The first kappa shape index (κ1) is 20.6. The minimum atomic E-state index is -0.336. The van der Waals surface area contributed by atoms with Crippen LogP contribution < -0.4 is 5.32 Å². The number of amides is 1. The van der Waals surface area contributed by atoms with Crippen LogP contribution in [0.15, 0.2) is 60.7 Å². The van der Waals surface area contributed by atoms with Gasteiger partial charge >= 0.3 is 0 Å². The summed E-state index contributed by atoms with van der Waals surface area (Å²) in [4.78, 5) is 15.1. The number of nitrogens with one attached hydrogen (secondary N) is 1. The van der Waals surface area contributed by atoms with Crippen LogP contribution in [-0.4, -0.2) is 40.6 Å². The maximum absolute atomic E-state index is 13.0. The quantitative estimate of drug-likeness (QED) is 0.744. The van der Waals surface area contributed by atoms with Gasteiger partial charge in [0.25, 0.3) is 0 Å². The Hall–Kier alpha value is -2.68. The second kappa shape index (κ2) is 9.42. The van der Waals surface area contributed by atoms with Gasteiger partial charge in [0.15, 0.2) is 0 Å². The smallest absolute Gasteiger partial charge is 0.227 e. The van der Waals surface area contributed by atoms with E-state index >= 15 is 0 Å². The van der Waals surface area contributed by atoms with Crippen molar-refractivity contribution in [2.75, 3.05) is 6.61 Å². The number of aliphatic hydroxyl groups is 1. The number of piperidine rings is 1. The monoisotopic (exact) mass is 403 g/mol. The van der Waals surface area contributed by atoms with Crippen LogP contribution >= 0.6 is 0 Å². The lowest BCUT2D eigenvalue weighted by molar-refractivity contribution is -0.135. The maximum Gasteiger partial charge on any atom is 0.227 e. The highest BCUT2D eigenvalue weighted by molar-refractivity contribution is 5.80. The van der Waals surface area contributed by atoms with Gasteiger partial charge in [-0.1, -0.05) is 60.7 Å². The number of hydrogen-bond donors (Lipinski definition) is 2. The van der Waals surface area contributed by atoms with E-state index in [0.29, 0.717) is 6.42 Å². The van der Waals surface area contributed by atoms with E-state index in [2.05, 4.69) is 16.3 Å². The molecule has 5 nitrogen and oxygen atoms in total. The van der Waals surface area contributed by atoms with Gasteiger partial charge in [0.1, 0.15) is 0 Å². The molecule has 2 aromatic rings. The highest BCUT2D eigenvalue weighted by Crippen LogP contribution is 2.40. The molecular weight excluding hydrogens is 374 g/mol. The number of fused-ring (bicyclic) bond motifs is 2. The van der Waals surface area contributed by atoms with Gasteiger partial charge in [-0.05, 0) is 42.7 Å². The number of carbonyl (C=O) groups excluding carboxylic acids is 1. The second-order valence-electron chi connectivity index (χ2n) is 8.50. The lowest BCUT2D eigenvalue weighted by Gasteiger charge is -2.41. The molecule has 2 N–H and O–H groups in total. The Morgan fingerprint density at radius 3 is 2.23 bits per heavy atom. The van der Waals surface area contributed by atoms with E-state index in [1.54, 1.807) is 0 Å². The van der Waals surface area contributed by atoms with E-state index < -0.39 is 0 Å². The van der Waals surface area contributed by atoms with Crippen molar-refractivity contribution in [3.8, 4) is 6.07 Å². The molecule has 0 saturated carbocycles. The molecular formula is C25H29N3O2. The highest BCUT2D eigenvalue weighted by atomic mass is 16.3. The second-order valence-corrected chi connectivity index (χ2v) is 8.50. The van der Waals surface area contributed by atoms with Crippen LogP contribution in [0, 0.1) is 17.2 Å². The summed E-state index contributed by atoms with van der Waals surface area (Å²) in [7, 11) is 0. The summed E-state index contributed by atoms with van der Waals surface area (Å²) >= 11 is 0. The minimum absolute atomic E-state index is 0.0521. The van der Waals surface area contributed by atoms with Gasteiger partial charge in [-0.25, -0.2) is 0 Å². The molecule has 2 aromatic carbocycles. The van der Waals surface area contributed by atoms with E-state index in [1.807, 2.05) is 60.7 Å². The average molecular weight is 404 g/mol. The molecule has 2 aliphatic rings. The number of benzene rings is 2. The number of hydrogen-bond acceptors (Lipinski definition) is 4. The molecule has 5 heteroatoms. The van der Waals surface area contributed by atoms with Gasteiger partial charge < -0.3 is 10.0 Å². The fraction of sp³-hybridized carbons (Fsp3) is 0.440. The number of nitriles is 1. The van der Waals surface area contributed by atoms with E-state index in [-0.39, 0.29) is 42.6 Å². The molecule has 4 rings (SSSR count). The molecule has 2 aliphatic heterocycles. The molecule has 156 valence electrons. The number of aliphatic hydroxyl groups excluding tert-OH is 1. The van der Waals surface area contributed by atoms with Crippen LogP contribution in [0.4, 0.5) is 0 Å². The molecule has 0 radical (unpaired) electrons. The molecule has 2 heterocycles. The molecule has 2 fully saturated rings. The van der Waals surface area contributed by atoms with Crippen molar-refractivity contribution in [1.29, 1.82) is 5.26 Å². The third kappa shape index (κ3) is 4.40. The van der Waals surface area contributed by atoms with E-state index in [9.17, 15) is 15.2 Å². The first-order valence-corrected chi connectivity index (χ1v) is 10.9. The fourth-order valence-corrected chi connectivity index (χ4v) is 5.20. The van der Waals surface area contributed by atoms with Gasteiger partial charge in [0.05, 0.1) is 31.2 Å². The number of rotatable bonds is 7. The van der Waals surface area contributed by atoms with E-state index in [0.717, 1.165) is 36.8 Å². The Kier molecular flexibility index (Phi) is 6.47. The predicted molar refractivity (Wildman–Crippen MR) is 115 cm³/mol. The zero-order chi connectivity index (χ0) is 20.9. The summed E-state index contributed by atoms with van der Waals surface area (Å²) in [6.45, 7) is -0.0521. The first-order chi connectivity index (χ1) is 14.7. The summed E-state index contributed by atoms with van der Waals surface area (Å²) in [6, 6.07) is 21.9. The third-order valence-electron chi connectivity index (χ3n) is 6.63. The summed E-state index contributed by atoms with van der Waals surface area (Å²) in [6.07, 6.45) is 4.16. The third-order valence-corrected chi connectivity index (χ3v) is 6.63. The molecule has 1 amide bonds. The lowest BCUT2D eigenvalue weighted by Crippen LogP contribution is -2.51. The Labute approximate surface area is 178 Å². The molecule has 30 heavy (non-hydrogen) atoms. The van der Waals surface area contributed by atoms with Crippen LogP contribution in [0.5, 0.6) is 0 Å². The molecule has 0 aliphatic carbocycles. The van der Waals surface area contributed by atoms with Crippen molar-refractivity contribution in [2.45, 2.75) is 56.3 Å². The summed E-state index contributed by atoms with van der Waals surface area (Å²) in [5.74, 6) is 0.386. The van der Waals surface area contributed by atoms with Gasteiger partial charge in [0, 0.05) is 12.1 Å². The van der Waals surface area contributed by atoms with Gasteiger partial charge in [-0.3, -0.25) is 10.1 Å². The van der Waals surface area contributed by atoms with Crippen molar-refractivity contribution >= 4 is 5.91 Å². The zero-order valence-corrected chi connectivity index (χ0v) is 17.2. The van der Waals surface area contributed by atoms with E-state index in [4.69, 9.17) is 0 Å². The van der Waals surface area contributed by atoms with Crippen molar-refractivity contribution in [3.63, 3.8) is 0 Å². The summed E-state index contributed by atoms with van der Waals surface area (Å²) in [5, 5.41) is 23.1. The van der Waals surface area contributed by atoms with Crippen molar-refractivity contribution in [1.82, 2.24) is 10.2 Å². The van der Waals surface area contributed by atoms with Gasteiger partial charge in [0.2, 0.25) is 5.91 Å². The standard InChI is InChI=1S/C25H29N3O2/c26-16-23(27-24(17-29)19-9-5-2-6-10-19)20-14-21-11-12-22(15-20)28(21)25(30)13-18-7-3-1-4-8-18/h1-10,20-24,27,29H,11-15,17H2/t20?,21-,22+,23-,24+/m1/s1. The van der Waals surface area contributed by atoms with Crippen LogP contribution in [0.2, 0.25) is 0 Å². The topological polar surface area (TPSA) is 76.4 Å². The number of carbonyl (C=O) groups is 1. The van der Waals surface area contributed by atoms with Crippen molar-refractivity contribution in [2.24, 2.45) is 5.92 Å². The Balaban J connectivity index is 1.41. The van der Waals surface area contributed by atoms with Gasteiger partial charge in [-0.15, -0.1) is 0 Å². The van der Waals surface area contributed by atoms with Crippen LogP contribution in [0.3, 0.4) is 0 Å². The van der Waals surface area contributed by atoms with Crippen molar-refractivity contribution in [3.05, 3.63) is 71.8 Å². The van der Waals surface area contributed by atoms with Crippen LogP contribution in [-0.2, 0) is 11.2 Å². The largest absolute Gasteiger partial charge is 0.394 e. The summed E-state index contributed by atoms with van der Waals surface area (Å²) in [5.41, 5.74) is 2.04. The predicted octanol–water partition coefficient (Wildman–Crippen LogP) is 3.21. The first-order valence-electron chi connectivity index (χ1n) is 10.9. The van der Waals surface area contributed by atoms with E-state index in [1.165, 1.54) is 0 Å².